The van der Waals surface area contributed by atoms with Gasteiger partial charge >= 0.3 is 6.03 Å². The van der Waals surface area contributed by atoms with E-state index in [9.17, 15) is 14.7 Å². The number of nitrogens with zero attached hydrogens (tertiary/aromatic N) is 2. The molecule has 0 saturated carbocycles. The lowest BCUT2D eigenvalue weighted by Gasteiger charge is -2.45. The highest BCUT2D eigenvalue weighted by atomic mass is 35.5. The molecule has 5 saturated heterocycles. The number of piperidine rings is 2. The molecule has 5 aliphatic heterocycles. The second-order valence-electron chi connectivity index (χ2n) is 10.4. The van der Waals surface area contributed by atoms with Gasteiger partial charge in [-0.25, -0.2) is 4.79 Å². The van der Waals surface area contributed by atoms with Crippen LogP contribution in [0.15, 0.2) is 0 Å². The van der Waals surface area contributed by atoms with Crippen molar-refractivity contribution in [2.45, 2.75) is 60.3 Å². The number of nitrogens with one attached hydrogen (secondary N) is 4. The van der Waals surface area contributed by atoms with Crippen LogP contribution in [0.1, 0.15) is 19.8 Å². The summed E-state index contributed by atoms with van der Waals surface area (Å²) in [5, 5.41) is 23.2. The average Bonchev–Trinajstić information content (AvgIpc) is 3.35. The van der Waals surface area contributed by atoms with E-state index in [0.29, 0.717) is 45.3 Å². The Labute approximate surface area is 210 Å². The maximum atomic E-state index is 13.5. The lowest BCUT2D eigenvalue weighted by Crippen LogP contribution is -2.58. The molecule has 5 fully saturated rings. The molecule has 0 aromatic heterocycles. The van der Waals surface area contributed by atoms with E-state index >= 15 is 0 Å². The van der Waals surface area contributed by atoms with Crippen LogP contribution in [0.3, 0.4) is 0 Å². The average molecular weight is 517 g/mol. The molecule has 5 N–H and O–H groups in total. The number of thioether (sulfide) groups is 1. The van der Waals surface area contributed by atoms with Crippen molar-refractivity contribution in [2.75, 3.05) is 46.4 Å². The SMILES string of the molecule is COC1CNC(Cl)CC1C1CC(C)NCC1C(=O)NC1NC2CN(C(=O)N3CC(O)C3)CC2S1. The van der Waals surface area contributed by atoms with Crippen molar-refractivity contribution in [1.29, 1.82) is 0 Å². The Balaban J connectivity index is 1.17. The molecule has 3 amide bonds. The Hall–Kier alpha value is -0.820. The van der Waals surface area contributed by atoms with Crippen LogP contribution in [-0.2, 0) is 9.53 Å². The highest BCUT2D eigenvalue weighted by molar-refractivity contribution is 8.00. The van der Waals surface area contributed by atoms with Gasteiger partial charge in [0.2, 0.25) is 5.91 Å². The molecule has 0 aliphatic carbocycles. The summed E-state index contributed by atoms with van der Waals surface area (Å²) in [6.07, 6.45) is 1.37. The molecule has 0 radical (unpaired) electrons. The van der Waals surface area contributed by atoms with Crippen LogP contribution >= 0.6 is 23.4 Å². The Bertz CT molecular complexity index is 762. The number of carbonyl (C=O) groups is 2. The maximum absolute atomic E-state index is 13.5. The summed E-state index contributed by atoms with van der Waals surface area (Å²) < 4.78 is 5.78. The van der Waals surface area contributed by atoms with Gasteiger partial charge in [0.15, 0.2) is 0 Å². The number of aliphatic hydroxyl groups excluding tert-OH is 1. The zero-order valence-corrected chi connectivity index (χ0v) is 21.4. The van der Waals surface area contributed by atoms with Gasteiger partial charge in [-0.3, -0.25) is 15.4 Å². The number of likely N-dealkylation sites (tertiary alicyclic amines) is 2. The van der Waals surface area contributed by atoms with E-state index in [1.54, 1.807) is 23.8 Å². The lowest BCUT2D eigenvalue weighted by atomic mass is 9.70. The number of β-amino-alcohol motifs (C(OH)–C–C–N with tert-alkyl or cyclic N) is 1. The molecular formula is C22H37ClN6O4S. The fourth-order valence-electron chi connectivity index (χ4n) is 6.23. The first-order chi connectivity index (χ1) is 16.3. The maximum Gasteiger partial charge on any atom is 0.320 e. The Morgan fingerprint density at radius 2 is 1.85 bits per heavy atom. The van der Waals surface area contributed by atoms with E-state index < -0.39 is 6.10 Å². The number of hydrogen-bond acceptors (Lipinski definition) is 8. The monoisotopic (exact) mass is 516 g/mol. The van der Waals surface area contributed by atoms with Gasteiger partial charge in [-0.1, -0.05) is 0 Å². The second-order valence-corrected chi connectivity index (χ2v) is 12.3. The van der Waals surface area contributed by atoms with Gasteiger partial charge in [0.25, 0.3) is 0 Å². The first-order valence-electron chi connectivity index (χ1n) is 12.4. The van der Waals surface area contributed by atoms with Crippen molar-refractivity contribution >= 4 is 35.3 Å². The highest BCUT2D eigenvalue weighted by Crippen LogP contribution is 2.38. The quantitative estimate of drug-likeness (QED) is 0.248. The molecule has 192 valence electrons. The van der Waals surface area contributed by atoms with Gasteiger partial charge in [-0.2, -0.15) is 0 Å². The summed E-state index contributed by atoms with van der Waals surface area (Å²) >= 11 is 8.14. The van der Waals surface area contributed by atoms with Gasteiger partial charge in [-0.15, -0.1) is 23.4 Å². The van der Waals surface area contributed by atoms with Crippen molar-refractivity contribution in [3.63, 3.8) is 0 Å². The van der Waals surface area contributed by atoms with Gasteiger partial charge in [0, 0.05) is 50.6 Å². The molecule has 0 aromatic carbocycles. The topological polar surface area (TPSA) is 118 Å². The second kappa shape index (κ2) is 10.3. The first-order valence-corrected chi connectivity index (χ1v) is 13.8. The van der Waals surface area contributed by atoms with E-state index in [4.69, 9.17) is 16.3 Å². The fraction of sp³-hybridized carbons (Fsp3) is 0.909. The molecule has 34 heavy (non-hydrogen) atoms. The molecule has 5 rings (SSSR count). The zero-order chi connectivity index (χ0) is 24.0. The van der Waals surface area contributed by atoms with Crippen LogP contribution in [0.5, 0.6) is 0 Å². The number of aliphatic hydroxyl groups is 1. The number of halogens is 1. The Kier molecular flexibility index (Phi) is 7.51. The van der Waals surface area contributed by atoms with E-state index in [1.165, 1.54) is 0 Å². The molecule has 9 unspecified atom stereocenters. The van der Waals surface area contributed by atoms with Crippen molar-refractivity contribution in [3.05, 3.63) is 0 Å². The van der Waals surface area contributed by atoms with E-state index in [1.807, 2.05) is 4.90 Å². The van der Waals surface area contributed by atoms with Crippen molar-refractivity contribution in [2.24, 2.45) is 17.8 Å². The molecule has 0 aromatic rings. The summed E-state index contributed by atoms with van der Waals surface area (Å²) in [7, 11) is 1.74. The van der Waals surface area contributed by atoms with Crippen LogP contribution < -0.4 is 21.3 Å². The summed E-state index contributed by atoms with van der Waals surface area (Å²) in [5.41, 5.74) is -0.250. The van der Waals surface area contributed by atoms with E-state index in [2.05, 4.69) is 28.2 Å². The molecule has 0 bridgehead atoms. The third-order valence-corrected chi connectivity index (χ3v) is 9.82. The third kappa shape index (κ3) is 5.02. The predicted octanol–water partition coefficient (Wildman–Crippen LogP) is -0.624. The molecule has 5 aliphatic rings. The minimum atomic E-state index is -0.390. The summed E-state index contributed by atoms with van der Waals surface area (Å²) in [5.74, 6) is 0.364. The summed E-state index contributed by atoms with van der Waals surface area (Å²) in [6.45, 7) is 5.66. The minimum Gasteiger partial charge on any atom is -0.389 e. The lowest BCUT2D eigenvalue weighted by molar-refractivity contribution is -0.130. The number of carbonyl (C=O) groups excluding carboxylic acids is 2. The van der Waals surface area contributed by atoms with Crippen LogP contribution in [0.2, 0.25) is 0 Å². The van der Waals surface area contributed by atoms with Crippen molar-refractivity contribution in [1.82, 2.24) is 31.1 Å². The number of rotatable bonds is 4. The molecular weight excluding hydrogens is 480 g/mol. The van der Waals surface area contributed by atoms with Gasteiger partial charge < -0.3 is 30.3 Å². The van der Waals surface area contributed by atoms with Gasteiger partial charge in [0.1, 0.15) is 5.50 Å². The van der Waals surface area contributed by atoms with E-state index in [-0.39, 0.29) is 58.1 Å². The van der Waals surface area contributed by atoms with Crippen LogP contribution in [0, 0.1) is 17.8 Å². The summed E-state index contributed by atoms with van der Waals surface area (Å²) in [4.78, 5) is 29.6. The normalized spacial score (nSPS) is 42.9. The Morgan fingerprint density at radius 3 is 2.56 bits per heavy atom. The Morgan fingerprint density at radius 1 is 1.09 bits per heavy atom. The van der Waals surface area contributed by atoms with Gasteiger partial charge in [0.05, 0.1) is 36.7 Å². The molecule has 10 nitrogen and oxygen atoms in total. The van der Waals surface area contributed by atoms with E-state index in [0.717, 1.165) is 12.8 Å². The standard InChI is InChI=1S/C22H37ClN6O4S/c1-11-3-13(14-4-19(23)25-6-17(14)33-2)15(5-24-11)20(31)27-21-26-16-9-29(10-18(16)34-21)22(32)28-7-12(30)8-28/h11-19,21,24-26,30H,3-10H2,1-2H3,(H,27,31). The van der Waals surface area contributed by atoms with Crippen LogP contribution in [-0.4, -0.2) is 114 Å². The number of urea groups is 1. The van der Waals surface area contributed by atoms with Crippen molar-refractivity contribution in [3.8, 4) is 0 Å². The molecule has 5 heterocycles. The fourth-order valence-corrected chi connectivity index (χ4v) is 7.94. The smallest absolute Gasteiger partial charge is 0.320 e. The third-order valence-electron chi connectivity index (χ3n) is 8.13. The number of amides is 3. The molecule has 9 atom stereocenters. The number of ether oxygens (including phenoxy) is 1. The number of alkyl halides is 1. The van der Waals surface area contributed by atoms with Crippen LogP contribution in [0.4, 0.5) is 4.79 Å². The van der Waals surface area contributed by atoms with Crippen molar-refractivity contribution < 1.29 is 19.4 Å². The zero-order valence-electron chi connectivity index (χ0n) is 19.8. The van der Waals surface area contributed by atoms with Crippen LogP contribution in [0.25, 0.3) is 0 Å². The highest BCUT2D eigenvalue weighted by Gasteiger charge is 2.47. The molecule has 0 spiro atoms. The minimum absolute atomic E-state index is 0.000178. The molecule has 12 heteroatoms. The largest absolute Gasteiger partial charge is 0.389 e. The number of fused-ring (bicyclic) bond motifs is 1. The predicted molar refractivity (Wildman–Crippen MR) is 130 cm³/mol. The first kappa shape index (κ1) is 24.9. The number of hydrogen-bond donors (Lipinski definition) is 5. The van der Waals surface area contributed by atoms with Gasteiger partial charge in [-0.05, 0) is 31.6 Å². The summed E-state index contributed by atoms with van der Waals surface area (Å²) in [6, 6.07) is 0.509. The number of methoxy groups -OCH3 is 1.